The second-order valence-corrected chi connectivity index (χ2v) is 3.93. The Morgan fingerprint density at radius 3 is 2.56 bits per heavy atom. The summed E-state index contributed by atoms with van der Waals surface area (Å²) < 4.78 is 4.92. The van der Waals surface area contributed by atoms with Crippen LogP contribution in [0, 0.1) is 0 Å². The van der Waals surface area contributed by atoms with E-state index in [9.17, 15) is 15.0 Å². The fourth-order valence-electron chi connectivity index (χ4n) is 2.05. The van der Waals surface area contributed by atoms with E-state index in [-0.39, 0.29) is 23.0 Å². The molecular formula is C12H14O4. The number of phenols is 2. The van der Waals surface area contributed by atoms with Gasteiger partial charge in [-0.1, -0.05) is 0 Å². The van der Waals surface area contributed by atoms with Gasteiger partial charge in [-0.15, -0.1) is 0 Å². The molecule has 86 valence electrons. The van der Waals surface area contributed by atoms with E-state index < -0.39 is 0 Å². The molecule has 0 fully saturated rings. The molecule has 0 saturated heterocycles. The number of carbonyl (C=O) groups excluding carboxylic acids is 1. The Balaban J connectivity index is 2.63. The smallest absolute Gasteiger partial charge is 0.200 e. The fraction of sp³-hybridized carbons (Fsp3) is 0.417. The van der Waals surface area contributed by atoms with Gasteiger partial charge in [-0.2, -0.15) is 0 Å². The Morgan fingerprint density at radius 2 is 1.88 bits per heavy atom. The van der Waals surface area contributed by atoms with Gasteiger partial charge < -0.3 is 14.9 Å². The van der Waals surface area contributed by atoms with Gasteiger partial charge in [0.05, 0.1) is 7.11 Å². The summed E-state index contributed by atoms with van der Waals surface area (Å²) in [5.41, 5.74) is 1.02. The van der Waals surface area contributed by atoms with Crippen LogP contribution in [-0.4, -0.2) is 23.1 Å². The van der Waals surface area contributed by atoms with E-state index in [0.29, 0.717) is 24.0 Å². The highest BCUT2D eigenvalue weighted by molar-refractivity contribution is 5.99. The molecule has 0 aliphatic heterocycles. The molecule has 1 aliphatic carbocycles. The number of hydrogen-bond acceptors (Lipinski definition) is 4. The minimum atomic E-state index is -0.282. The maximum atomic E-state index is 11.8. The predicted octanol–water partition coefficient (Wildman–Crippen LogP) is 2.02. The Bertz CT molecular complexity index is 437. The standard InChI is InChI=1S/C12H14O4/c1-16-10-6-8-7(11(14)12(10)15)4-2-3-5-9(8)13/h6,14-15H,2-5H2,1H3. The van der Waals surface area contributed by atoms with E-state index in [4.69, 9.17) is 4.74 Å². The van der Waals surface area contributed by atoms with Crippen molar-refractivity contribution in [1.29, 1.82) is 0 Å². The molecule has 0 heterocycles. The third-order valence-electron chi connectivity index (χ3n) is 2.95. The van der Waals surface area contributed by atoms with Gasteiger partial charge in [0.2, 0.25) is 5.75 Å². The second kappa shape index (κ2) is 4.04. The molecule has 0 spiro atoms. The lowest BCUT2D eigenvalue weighted by Gasteiger charge is -2.12. The first-order valence-electron chi connectivity index (χ1n) is 5.30. The molecule has 0 aromatic heterocycles. The van der Waals surface area contributed by atoms with E-state index in [1.165, 1.54) is 13.2 Å². The van der Waals surface area contributed by atoms with Crippen LogP contribution in [-0.2, 0) is 6.42 Å². The van der Waals surface area contributed by atoms with Gasteiger partial charge in [0.25, 0.3) is 0 Å². The number of benzene rings is 1. The van der Waals surface area contributed by atoms with Crippen LogP contribution in [0.3, 0.4) is 0 Å². The molecule has 1 aromatic rings. The van der Waals surface area contributed by atoms with E-state index in [1.807, 2.05) is 0 Å². The molecule has 0 atom stereocenters. The first kappa shape index (κ1) is 10.8. The van der Waals surface area contributed by atoms with Crippen LogP contribution < -0.4 is 4.74 Å². The van der Waals surface area contributed by atoms with Crippen molar-refractivity contribution in [1.82, 2.24) is 0 Å². The van der Waals surface area contributed by atoms with Crippen molar-refractivity contribution < 1.29 is 19.7 Å². The van der Waals surface area contributed by atoms with Crippen LogP contribution >= 0.6 is 0 Å². The molecule has 2 N–H and O–H groups in total. The predicted molar refractivity (Wildman–Crippen MR) is 58.2 cm³/mol. The Morgan fingerprint density at radius 1 is 1.19 bits per heavy atom. The molecular weight excluding hydrogens is 208 g/mol. The van der Waals surface area contributed by atoms with Crippen molar-refractivity contribution in [3.05, 3.63) is 17.2 Å². The number of rotatable bonds is 1. The highest BCUT2D eigenvalue weighted by Gasteiger charge is 2.23. The van der Waals surface area contributed by atoms with E-state index in [2.05, 4.69) is 0 Å². The number of carbonyl (C=O) groups is 1. The normalized spacial score (nSPS) is 15.4. The minimum Gasteiger partial charge on any atom is -0.504 e. The van der Waals surface area contributed by atoms with Crippen molar-refractivity contribution >= 4 is 5.78 Å². The van der Waals surface area contributed by atoms with Gasteiger partial charge >= 0.3 is 0 Å². The summed E-state index contributed by atoms with van der Waals surface area (Å²) in [6, 6.07) is 1.51. The number of Topliss-reactive ketones (excluding diaryl/α,β-unsaturated/α-hetero) is 1. The average molecular weight is 222 g/mol. The van der Waals surface area contributed by atoms with Crippen molar-refractivity contribution in [2.24, 2.45) is 0 Å². The number of phenolic OH excluding ortho intramolecular Hbond substituents is 2. The molecule has 1 aliphatic rings. The third-order valence-corrected chi connectivity index (χ3v) is 2.95. The first-order chi connectivity index (χ1) is 7.65. The number of aromatic hydroxyl groups is 2. The van der Waals surface area contributed by atoms with Crippen LogP contribution in [0.5, 0.6) is 17.2 Å². The van der Waals surface area contributed by atoms with Crippen LogP contribution in [0.4, 0.5) is 0 Å². The summed E-state index contributed by atoms with van der Waals surface area (Å²) in [6.07, 6.45) is 2.76. The molecule has 0 unspecified atom stereocenters. The number of methoxy groups -OCH3 is 1. The Labute approximate surface area is 93.5 Å². The monoisotopic (exact) mass is 222 g/mol. The maximum absolute atomic E-state index is 11.8. The van der Waals surface area contributed by atoms with Crippen LogP contribution in [0.1, 0.15) is 35.2 Å². The van der Waals surface area contributed by atoms with Crippen molar-refractivity contribution in [2.45, 2.75) is 25.7 Å². The van der Waals surface area contributed by atoms with Crippen molar-refractivity contribution in [3.8, 4) is 17.2 Å². The van der Waals surface area contributed by atoms with Gasteiger partial charge in [-0.05, 0) is 25.3 Å². The maximum Gasteiger partial charge on any atom is 0.200 e. The van der Waals surface area contributed by atoms with Gasteiger partial charge in [-0.25, -0.2) is 0 Å². The topological polar surface area (TPSA) is 66.8 Å². The highest BCUT2D eigenvalue weighted by Crippen LogP contribution is 2.42. The van der Waals surface area contributed by atoms with Crippen LogP contribution in [0.15, 0.2) is 6.07 Å². The average Bonchev–Trinajstić information content (AvgIpc) is 2.46. The number of ether oxygens (including phenoxy) is 1. The number of hydrogen-bond donors (Lipinski definition) is 2. The minimum absolute atomic E-state index is 0.00102. The lowest BCUT2D eigenvalue weighted by Crippen LogP contribution is -2.01. The fourth-order valence-corrected chi connectivity index (χ4v) is 2.05. The molecule has 16 heavy (non-hydrogen) atoms. The summed E-state index contributed by atoms with van der Waals surface area (Å²) in [5, 5.41) is 19.5. The van der Waals surface area contributed by atoms with Gasteiger partial charge in [-0.3, -0.25) is 4.79 Å². The quantitative estimate of drug-likeness (QED) is 0.563. The van der Waals surface area contributed by atoms with Crippen molar-refractivity contribution in [2.75, 3.05) is 7.11 Å². The second-order valence-electron chi connectivity index (χ2n) is 3.93. The first-order valence-corrected chi connectivity index (χ1v) is 5.30. The molecule has 1 aromatic carbocycles. The summed E-state index contributed by atoms with van der Waals surface area (Å²) in [5.74, 6) is -0.354. The summed E-state index contributed by atoms with van der Waals surface area (Å²) in [7, 11) is 1.39. The zero-order valence-corrected chi connectivity index (χ0v) is 9.12. The SMILES string of the molecule is COc1cc2c(c(O)c1O)CCCCC2=O. The number of fused-ring (bicyclic) bond motifs is 1. The molecule has 4 nitrogen and oxygen atoms in total. The van der Waals surface area contributed by atoms with Gasteiger partial charge in [0.1, 0.15) is 0 Å². The molecule has 0 radical (unpaired) electrons. The Kier molecular flexibility index (Phi) is 2.73. The van der Waals surface area contributed by atoms with Crippen LogP contribution in [0.2, 0.25) is 0 Å². The van der Waals surface area contributed by atoms with E-state index in [1.54, 1.807) is 0 Å². The lowest BCUT2D eigenvalue weighted by atomic mass is 10.00. The Hall–Kier alpha value is -1.71. The van der Waals surface area contributed by atoms with Crippen LogP contribution in [0.25, 0.3) is 0 Å². The van der Waals surface area contributed by atoms with Gasteiger partial charge in [0, 0.05) is 17.5 Å². The summed E-state index contributed by atoms with van der Waals surface area (Å²) in [6.45, 7) is 0. The summed E-state index contributed by atoms with van der Waals surface area (Å²) in [4.78, 5) is 11.8. The van der Waals surface area contributed by atoms with Crippen molar-refractivity contribution in [3.63, 3.8) is 0 Å². The molecule has 2 rings (SSSR count). The third kappa shape index (κ3) is 1.60. The largest absolute Gasteiger partial charge is 0.504 e. The highest BCUT2D eigenvalue weighted by atomic mass is 16.5. The molecule has 0 saturated carbocycles. The summed E-state index contributed by atoms with van der Waals surface area (Å²) >= 11 is 0. The molecule has 0 amide bonds. The zero-order chi connectivity index (χ0) is 11.7. The van der Waals surface area contributed by atoms with Gasteiger partial charge in [0.15, 0.2) is 17.3 Å². The molecule has 4 heteroatoms. The number of ketones is 1. The van der Waals surface area contributed by atoms with E-state index in [0.717, 1.165) is 12.8 Å². The zero-order valence-electron chi connectivity index (χ0n) is 9.12. The lowest BCUT2D eigenvalue weighted by molar-refractivity contribution is 0.0981. The molecule has 0 bridgehead atoms. The van der Waals surface area contributed by atoms with E-state index >= 15 is 0 Å².